The van der Waals surface area contributed by atoms with Gasteiger partial charge in [-0.3, -0.25) is 4.98 Å². The van der Waals surface area contributed by atoms with E-state index in [2.05, 4.69) is 4.98 Å². The molecule has 0 aliphatic rings. The largest absolute Gasteiger partial charge is 0.496 e. The highest BCUT2D eigenvalue weighted by molar-refractivity contribution is 5.40. The molecular formula is C14H16N2O2. The molecule has 0 bridgehead atoms. The molecule has 1 heterocycles. The minimum atomic E-state index is 0.452. The Morgan fingerprint density at radius 1 is 1.17 bits per heavy atom. The number of nitrogens with two attached hydrogens (primary N) is 1. The Kier molecular flexibility index (Phi) is 4.15. The number of aromatic nitrogens is 1. The molecule has 4 nitrogen and oxygen atoms in total. The van der Waals surface area contributed by atoms with Crippen LogP contribution in [0.4, 0.5) is 0 Å². The van der Waals surface area contributed by atoms with Crippen molar-refractivity contribution in [2.45, 2.75) is 13.2 Å². The molecule has 0 saturated heterocycles. The number of benzene rings is 1. The molecule has 2 N–H and O–H groups in total. The highest BCUT2D eigenvalue weighted by Gasteiger charge is 2.03. The lowest BCUT2D eigenvalue weighted by Gasteiger charge is -2.10. The molecule has 0 aliphatic carbocycles. The SMILES string of the molecule is COc1cc(OCc2ccncc2)ccc1CN. The number of pyridine rings is 1. The van der Waals surface area contributed by atoms with E-state index >= 15 is 0 Å². The Morgan fingerprint density at radius 2 is 1.94 bits per heavy atom. The van der Waals surface area contributed by atoms with E-state index < -0.39 is 0 Å². The van der Waals surface area contributed by atoms with Gasteiger partial charge in [-0.1, -0.05) is 6.07 Å². The highest BCUT2D eigenvalue weighted by Crippen LogP contribution is 2.24. The number of hydrogen-bond donors (Lipinski definition) is 1. The van der Waals surface area contributed by atoms with Gasteiger partial charge >= 0.3 is 0 Å². The van der Waals surface area contributed by atoms with Crippen LogP contribution in [-0.4, -0.2) is 12.1 Å². The van der Waals surface area contributed by atoms with Gasteiger partial charge in [-0.15, -0.1) is 0 Å². The molecule has 0 unspecified atom stereocenters. The van der Waals surface area contributed by atoms with Gasteiger partial charge in [0.25, 0.3) is 0 Å². The molecule has 0 saturated carbocycles. The van der Waals surface area contributed by atoms with Crippen LogP contribution in [0.25, 0.3) is 0 Å². The first kappa shape index (κ1) is 12.4. The molecule has 94 valence electrons. The summed E-state index contributed by atoms with van der Waals surface area (Å²) in [5.41, 5.74) is 7.66. The van der Waals surface area contributed by atoms with Crippen molar-refractivity contribution >= 4 is 0 Å². The van der Waals surface area contributed by atoms with Gasteiger partial charge in [-0.2, -0.15) is 0 Å². The fourth-order valence-electron chi connectivity index (χ4n) is 1.63. The Bertz CT molecular complexity index is 500. The van der Waals surface area contributed by atoms with Crippen molar-refractivity contribution in [3.63, 3.8) is 0 Å². The van der Waals surface area contributed by atoms with Gasteiger partial charge in [0.05, 0.1) is 7.11 Å². The van der Waals surface area contributed by atoms with Crippen LogP contribution in [-0.2, 0) is 13.2 Å². The summed E-state index contributed by atoms with van der Waals surface area (Å²) >= 11 is 0. The highest BCUT2D eigenvalue weighted by atomic mass is 16.5. The third-order valence-electron chi connectivity index (χ3n) is 2.63. The van der Waals surface area contributed by atoms with Crippen molar-refractivity contribution in [3.05, 3.63) is 53.9 Å². The number of ether oxygens (including phenoxy) is 2. The van der Waals surface area contributed by atoms with Crippen molar-refractivity contribution < 1.29 is 9.47 Å². The lowest BCUT2D eigenvalue weighted by atomic mass is 10.2. The van der Waals surface area contributed by atoms with Crippen LogP contribution in [0.2, 0.25) is 0 Å². The molecule has 0 spiro atoms. The second-order valence-corrected chi connectivity index (χ2v) is 3.82. The summed E-state index contributed by atoms with van der Waals surface area (Å²) < 4.78 is 10.9. The van der Waals surface area contributed by atoms with Gasteiger partial charge in [0.1, 0.15) is 18.1 Å². The molecule has 2 aromatic rings. The van der Waals surface area contributed by atoms with E-state index in [1.165, 1.54) is 0 Å². The van der Waals surface area contributed by atoms with Gasteiger partial charge in [0, 0.05) is 30.6 Å². The summed E-state index contributed by atoms with van der Waals surface area (Å²) in [7, 11) is 1.63. The lowest BCUT2D eigenvalue weighted by Crippen LogP contribution is -2.01. The average molecular weight is 244 g/mol. The molecule has 2 rings (SSSR count). The van der Waals surface area contributed by atoms with Crippen molar-refractivity contribution in [3.8, 4) is 11.5 Å². The standard InChI is InChI=1S/C14H16N2O2/c1-17-14-8-13(3-2-12(14)9-15)18-10-11-4-6-16-7-5-11/h2-8H,9-10,15H2,1H3. The van der Waals surface area contributed by atoms with E-state index in [1.54, 1.807) is 19.5 Å². The summed E-state index contributed by atoms with van der Waals surface area (Å²) in [6.45, 7) is 0.960. The van der Waals surface area contributed by atoms with Crippen molar-refractivity contribution in [2.75, 3.05) is 7.11 Å². The van der Waals surface area contributed by atoms with Crippen LogP contribution in [0.3, 0.4) is 0 Å². The Morgan fingerprint density at radius 3 is 2.61 bits per heavy atom. The molecule has 0 radical (unpaired) electrons. The maximum Gasteiger partial charge on any atom is 0.127 e. The third-order valence-corrected chi connectivity index (χ3v) is 2.63. The monoisotopic (exact) mass is 244 g/mol. The lowest BCUT2D eigenvalue weighted by molar-refractivity contribution is 0.303. The number of rotatable bonds is 5. The van der Waals surface area contributed by atoms with E-state index in [-0.39, 0.29) is 0 Å². The maximum absolute atomic E-state index is 5.69. The van der Waals surface area contributed by atoms with Gasteiger partial charge in [0.15, 0.2) is 0 Å². The second kappa shape index (κ2) is 6.02. The molecular weight excluding hydrogens is 228 g/mol. The maximum atomic E-state index is 5.69. The zero-order chi connectivity index (χ0) is 12.8. The predicted octanol–water partition coefficient (Wildman–Crippen LogP) is 2.13. The first-order chi connectivity index (χ1) is 8.83. The minimum absolute atomic E-state index is 0.452. The average Bonchev–Trinajstić information content (AvgIpc) is 2.45. The second-order valence-electron chi connectivity index (χ2n) is 3.82. The molecule has 1 aromatic carbocycles. The van der Waals surface area contributed by atoms with Crippen LogP contribution in [0, 0.1) is 0 Å². The molecule has 1 aromatic heterocycles. The molecule has 0 amide bonds. The molecule has 0 fully saturated rings. The fraction of sp³-hybridized carbons (Fsp3) is 0.214. The molecule has 18 heavy (non-hydrogen) atoms. The van der Waals surface area contributed by atoms with Crippen molar-refractivity contribution in [2.24, 2.45) is 5.73 Å². The normalized spacial score (nSPS) is 10.1. The van der Waals surface area contributed by atoms with E-state index in [1.807, 2.05) is 30.3 Å². The van der Waals surface area contributed by atoms with E-state index in [0.717, 1.165) is 22.6 Å². The van der Waals surface area contributed by atoms with Gasteiger partial charge < -0.3 is 15.2 Å². The number of hydrogen-bond acceptors (Lipinski definition) is 4. The van der Waals surface area contributed by atoms with E-state index in [9.17, 15) is 0 Å². The van der Waals surface area contributed by atoms with Gasteiger partial charge in [-0.05, 0) is 23.8 Å². The quantitative estimate of drug-likeness (QED) is 0.875. The van der Waals surface area contributed by atoms with Crippen LogP contribution in [0.1, 0.15) is 11.1 Å². The molecule has 4 heteroatoms. The first-order valence-corrected chi connectivity index (χ1v) is 5.72. The zero-order valence-electron chi connectivity index (χ0n) is 10.3. The van der Waals surface area contributed by atoms with Crippen LogP contribution in [0.5, 0.6) is 11.5 Å². The van der Waals surface area contributed by atoms with E-state index in [4.69, 9.17) is 15.2 Å². The van der Waals surface area contributed by atoms with Crippen molar-refractivity contribution in [1.82, 2.24) is 4.98 Å². The van der Waals surface area contributed by atoms with Gasteiger partial charge in [0.2, 0.25) is 0 Å². The first-order valence-electron chi connectivity index (χ1n) is 5.72. The summed E-state index contributed by atoms with van der Waals surface area (Å²) in [5, 5.41) is 0. The Labute approximate surface area is 106 Å². The van der Waals surface area contributed by atoms with Gasteiger partial charge in [-0.25, -0.2) is 0 Å². The summed E-state index contributed by atoms with van der Waals surface area (Å²) in [5.74, 6) is 1.52. The van der Waals surface area contributed by atoms with Crippen LogP contribution in [0.15, 0.2) is 42.7 Å². The Hall–Kier alpha value is -2.07. The Balaban J connectivity index is 2.06. The summed E-state index contributed by atoms with van der Waals surface area (Å²) in [6, 6.07) is 9.51. The van der Waals surface area contributed by atoms with E-state index in [0.29, 0.717) is 13.2 Å². The molecule has 0 aliphatic heterocycles. The fourth-order valence-corrected chi connectivity index (χ4v) is 1.63. The zero-order valence-corrected chi connectivity index (χ0v) is 10.3. The number of methoxy groups -OCH3 is 1. The van der Waals surface area contributed by atoms with Crippen LogP contribution >= 0.6 is 0 Å². The molecule has 0 atom stereocenters. The topological polar surface area (TPSA) is 57.4 Å². The third kappa shape index (κ3) is 2.99. The minimum Gasteiger partial charge on any atom is -0.496 e. The number of nitrogens with zero attached hydrogens (tertiary/aromatic N) is 1. The predicted molar refractivity (Wildman–Crippen MR) is 69.5 cm³/mol. The van der Waals surface area contributed by atoms with Crippen molar-refractivity contribution in [1.29, 1.82) is 0 Å². The van der Waals surface area contributed by atoms with Crippen LogP contribution < -0.4 is 15.2 Å². The summed E-state index contributed by atoms with van der Waals surface area (Å²) in [4.78, 5) is 3.96. The smallest absolute Gasteiger partial charge is 0.127 e. The summed E-state index contributed by atoms with van der Waals surface area (Å²) in [6.07, 6.45) is 3.49.